The molecule has 0 unspecified atom stereocenters. The maximum atomic E-state index is 2.42. The minimum absolute atomic E-state index is 0.0516. The number of anilines is 3. The van der Waals surface area contributed by atoms with Gasteiger partial charge in [0, 0.05) is 22.5 Å². The van der Waals surface area contributed by atoms with Crippen LogP contribution in [0, 0.1) is 0 Å². The van der Waals surface area contributed by atoms with Gasteiger partial charge in [-0.1, -0.05) is 159 Å². The Morgan fingerprint density at radius 3 is 1.44 bits per heavy atom. The summed E-state index contributed by atoms with van der Waals surface area (Å²) in [5, 5.41) is 2.64. The van der Waals surface area contributed by atoms with Crippen LogP contribution < -0.4 is 4.90 Å². The van der Waals surface area contributed by atoms with Crippen molar-refractivity contribution in [2.45, 2.75) is 19.3 Å². The fourth-order valence-corrected chi connectivity index (χ4v) is 7.80. The number of hydrogen-bond donors (Lipinski definition) is 0. The monoisotopic (exact) mass is 639 g/mol. The lowest BCUT2D eigenvalue weighted by molar-refractivity contribution is 0.661. The van der Waals surface area contributed by atoms with E-state index in [1.807, 2.05) is 0 Å². The largest absolute Gasteiger partial charge is 0.311 e. The van der Waals surface area contributed by atoms with Gasteiger partial charge < -0.3 is 4.90 Å². The minimum Gasteiger partial charge on any atom is -0.311 e. The van der Waals surface area contributed by atoms with Crippen LogP contribution in [0.5, 0.6) is 0 Å². The third-order valence-electron chi connectivity index (χ3n) is 10.5. The molecule has 0 saturated heterocycles. The third kappa shape index (κ3) is 5.11. The Hall–Kier alpha value is -6.18. The molecule has 1 aliphatic rings. The molecule has 0 aromatic heterocycles. The highest BCUT2D eigenvalue weighted by molar-refractivity contribution is 6.02. The molecule has 50 heavy (non-hydrogen) atoms. The standard InChI is InChI=1S/C49H37N/c1-49(2)46-32-26-39-13-9-10-16-44(39)48(46)45-31-25-40(33-47(45)49)38-19-17-35(18-20-38)37-23-29-43(30-24-37)50(41-14-7-4-8-15-41)42-27-21-36(22-28-42)34-11-5-3-6-12-34/h3-33H,1-2H3. The fourth-order valence-electron chi connectivity index (χ4n) is 7.80. The van der Waals surface area contributed by atoms with E-state index in [0.29, 0.717) is 0 Å². The van der Waals surface area contributed by atoms with Crippen molar-refractivity contribution in [3.63, 3.8) is 0 Å². The molecule has 0 amide bonds. The van der Waals surface area contributed by atoms with E-state index in [2.05, 4.69) is 207 Å². The zero-order valence-electron chi connectivity index (χ0n) is 28.3. The molecule has 1 nitrogen and oxygen atoms in total. The molecule has 0 aliphatic heterocycles. The number of para-hydroxylation sites is 1. The fraction of sp³-hybridized carbons (Fsp3) is 0.0612. The molecule has 0 saturated carbocycles. The van der Waals surface area contributed by atoms with Crippen LogP contribution in [-0.2, 0) is 5.41 Å². The first-order valence-electron chi connectivity index (χ1n) is 17.4. The highest BCUT2D eigenvalue weighted by Gasteiger charge is 2.36. The summed E-state index contributed by atoms with van der Waals surface area (Å²) in [5.41, 5.74) is 16.2. The van der Waals surface area contributed by atoms with Gasteiger partial charge >= 0.3 is 0 Å². The van der Waals surface area contributed by atoms with E-state index >= 15 is 0 Å². The highest BCUT2D eigenvalue weighted by atomic mass is 15.1. The molecule has 9 rings (SSSR count). The molecule has 0 bridgehead atoms. The molecule has 8 aromatic carbocycles. The molecule has 0 radical (unpaired) electrons. The minimum atomic E-state index is -0.0516. The van der Waals surface area contributed by atoms with E-state index in [1.54, 1.807) is 0 Å². The normalized spacial score (nSPS) is 12.8. The van der Waals surface area contributed by atoms with Crippen molar-refractivity contribution in [2.75, 3.05) is 4.90 Å². The van der Waals surface area contributed by atoms with Gasteiger partial charge in [-0.3, -0.25) is 0 Å². The van der Waals surface area contributed by atoms with E-state index < -0.39 is 0 Å². The average Bonchev–Trinajstić information content (AvgIpc) is 3.42. The number of benzene rings is 8. The topological polar surface area (TPSA) is 3.24 Å². The third-order valence-corrected chi connectivity index (χ3v) is 10.5. The van der Waals surface area contributed by atoms with E-state index in [0.717, 1.165) is 17.1 Å². The number of rotatable bonds is 6. The van der Waals surface area contributed by atoms with Gasteiger partial charge in [-0.15, -0.1) is 0 Å². The lowest BCUT2D eigenvalue weighted by atomic mass is 9.81. The van der Waals surface area contributed by atoms with E-state index in [-0.39, 0.29) is 5.41 Å². The molecular formula is C49H37N. The zero-order chi connectivity index (χ0) is 33.7. The van der Waals surface area contributed by atoms with Gasteiger partial charge in [0.05, 0.1) is 0 Å². The van der Waals surface area contributed by atoms with Crippen LogP contribution in [-0.4, -0.2) is 0 Å². The molecule has 0 fully saturated rings. The summed E-state index contributed by atoms with van der Waals surface area (Å²) in [7, 11) is 0. The lowest BCUT2D eigenvalue weighted by Gasteiger charge is -2.26. The Labute approximate surface area is 294 Å². The van der Waals surface area contributed by atoms with Crippen LogP contribution in [0.15, 0.2) is 188 Å². The second kappa shape index (κ2) is 12.1. The van der Waals surface area contributed by atoms with Gasteiger partial charge in [0.2, 0.25) is 0 Å². The van der Waals surface area contributed by atoms with Gasteiger partial charge in [0.15, 0.2) is 0 Å². The van der Waals surface area contributed by atoms with Crippen LogP contribution in [0.2, 0.25) is 0 Å². The van der Waals surface area contributed by atoms with Crippen LogP contribution in [0.4, 0.5) is 17.1 Å². The van der Waals surface area contributed by atoms with Crippen molar-refractivity contribution in [2.24, 2.45) is 0 Å². The molecule has 8 aromatic rings. The van der Waals surface area contributed by atoms with Crippen molar-refractivity contribution in [1.29, 1.82) is 0 Å². The SMILES string of the molecule is CC1(C)c2cc(-c3ccc(-c4ccc(N(c5ccccc5)c5ccc(-c6ccccc6)cc5)cc4)cc3)ccc2-c2c1ccc1ccccc21. The quantitative estimate of drug-likeness (QED) is 0.175. The van der Waals surface area contributed by atoms with E-state index in [9.17, 15) is 0 Å². The predicted molar refractivity (Wildman–Crippen MR) is 213 cm³/mol. The summed E-state index contributed by atoms with van der Waals surface area (Å²) in [6.07, 6.45) is 0. The van der Waals surface area contributed by atoms with Crippen LogP contribution in [0.25, 0.3) is 55.3 Å². The van der Waals surface area contributed by atoms with Gasteiger partial charge in [-0.25, -0.2) is 0 Å². The summed E-state index contributed by atoms with van der Waals surface area (Å²) in [4.78, 5) is 2.32. The molecule has 0 spiro atoms. The van der Waals surface area contributed by atoms with Gasteiger partial charge in [0.1, 0.15) is 0 Å². The first-order valence-corrected chi connectivity index (χ1v) is 17.4. The first kappa shape index (κ1) is 29.9. The Balaban J connectivity index is 1.00. The molecule has 1 aliphatic carbocycles. The number of nitrogens with zero attached hydrogens (tertiary/aromatic N) is 1. The van der Waals surface area contributed by atoms with Gasteiger partial charge in [0.25, 0.3) is 0 Å². The Kier molecular flexibility index (Phi) is 7.21. The smallest absolute Gasteiger partial charge is 0.0462 e. The van der Waals surface area contributed by atoms with Crippen molar-refractivity contribution in [3.8, 4) is 44.5 Å². The molecule has 0 N–H and O–H groups in total. The summed E-state index contributed by atoms with van der Waals surface area (Å²) in [6, 6.07) is 68.3. The van der Waals surface area contributed by atoms with Crippen LogP contribution >= 0.6 is 0 Å². The molecular weight excluding hydrogens is 603 g/mol. The summed E-state index contributed by atoms with van der Waals surface area (Å²) >= 11 is 0. The second-order valence-corrected chi connectivity index (χ2v) is 13.8. The summed E-state index contributed by atoms with van der Waals surface area (Å²) in [6.45, 7) is 4.73. The Bertz CT molecular complexity index is 2460. The first-order chi connectivity index (χ1) is 24.5. The number of hydrogen-bond acceptors (Lipinski definition) is 1. The molecule has 238 valence electrons. The maximum absolute atomic E-state index is 2.42. The van der Waals surface area contributed by atoms with Crippen molar-refractivity contribution >= 4 is 27.8 Å². The lowest BCUT2D eigenvalue weighted by Crippen LogP contribution is -2.15. The van der Waals surface area contributed by atoms with Crippen LogP contribution in [0.1, 0.15) is 25.0 Å². The van der Waals surface area contributed by atoms with Gasteiger partial charge in [-0.2, -0.15) is 0 Å². The maximum Gasteiger partial charge on any atom is 0.0462 e. The average molecular weight is 640 g/mol. The number of fused-ring (bicyclic) bond motifs is 5. The molecule has 1 heteroatoms. The van der Waals surface area contributed by atoms with Crippen molar-refractivity contribution < 1.29 is 0 Å². The van der Waals surface area contributed by atoms with E-state index in [1.165, 1.54) is 66.4 Å². The van der Waals surface area contributed by atoms with Crippen molar-refractivity contribution in [3.05, 3.63) is 199 Å². The zero-order valence-corrected chi connectivity index (χ0v) is 28.3. The van der Waals surface area contributed by atoms with Crippen molar-refractivity contribution in [1.82, 2.24) is 0 Å². The molecule has 0 heterocycles. The Morgan fingerprint density at radius 2 is 0.820 bits per heavy atom. The molecule has 0 atom stereocenters. The summed E-state index contributed by atoms with van der Waals surface area (Å²) < 4.78 is 0. The van der Waals surface area contributed by atoms with E-state index in [4.69, 9.17) is 0 Å². The van der Waals surface area contributed by atoms with Crippen LogP contribution in [0.3, 0.4) is 0 Å². The van der Waals surface area contributed by atoms with Gasteiger partial charge in [-0.05, 0) is 109 Å². The summed E-state index contributed by atoms with van der Waals surface area (Å²) in [5.74, 6) is 0. The Morgan fingerprint density at radius 1 is 0.360 bits per heavy atom. The predicted octanol–water partition coefficient (Wildman–Crippen LogP) is 13.6. The highest BCUT2D eigenvalue weighted by Crippen LogP contribution is 2.52. The second-order valence-electron chi connectivity index (χ2n) is 13.8.